The van der Waals surface area contributed by atoms with Crippen molar-refractivity contribution in [3.63, 3.8) is 0 Å². The van der Waals surface area contributed by atoms with Crippen molar-refractivity contribution in [2.45, 2.75) is 12.7 Å². The van der Waals surface area contributed by atoms with E-state index in [-0.39, 0.29) is 6.54 Å². The number of alkyl halides is 3. The summed E-state index contributed by atoms with van der Waals surface area (Å²) >= 11 is 0. The Morgan fingerprint density at radius 1 is 1.19 bits per heavy atom. The van der Waals surface area contributed by atoms with Gasteiger partial charge in [0.05, 0.1) is 18.3 Å². The molecule has 8 heteroatoms. The van der Waals surface area contributed by atoms with Gasteiger partial charge in [0.2, 0.25) is 0 Å². The fourth-order valence-corrected chi connectivity index (χ4v) is 2.05. The molecule has 0 bridgehead atoms. The average Bonchev–Trinajstić information content (AvgIpc) is 2.88. The molecule has 2 aromatic rings. The van der Waals surface area contributed by atoms with E-state index >= 15 is 0 Å². The Morgan fingerprint density at radius 2 is 1.86 bits per heavy atom. The Hall–Kier alpha value is -2.38. The van der Waals surface area contributed by atoms with Crippen LogP contribution in [0.1, 0.15) is 11.1 Å². The van der Waals surface area contributed by atoms with Crippen molar-refractivity contribution in [3.05, 3.63) is 35.7 Å². The van der Waals surface area contributed by atoms with E-state index < -0.39 is 11.7 Å². The third-order valence-corrected chi connectivity index (χ3v) is 3.10. The summed E-state index contributed by atoms with van der Waals surface area (Å²) in [4.78, 5) is 0. The zero-order valence-electron chi connectivity index (χ0n) is 10.9. The minimum Gasteiger partial charge on any atom is -0.486 e. The number of ether oxygens (including phenoxy) is 2. The number of anilines is 1. The number of hydrogen-bond acceptors (Lipinski definition) is 4. The van der Waals surface area contributed by atoms with Gasteiger partial charge in [-0.25, -0.2) is 0 Å². The molecule has 0 aliphatic carbocycles. The van der Waals surface area contributed by atoms with Crippen molar-refractivity contribution in [1.29, 1.82) is 0 Å². The van der Waals surface area contributed by atoms with Gasteiger partial charge < -0.3 is 15.2 Å². The Morgan fingerprint density at radius 3 is 2.48 bits per heavy atom. The highest BCUT2D eigenvalue weighted by Crippen LogP contribution is 2.35. The number of aromatic nitrogens is 2. The summed E-state index contributed by atoms with van der Waals surface area (Å²) in [7, 11) is 0. The Kier molecular flexibility index (Phi) is 3.15. The van der Waals surface area contributed by atoms with E-state index in [9.17, 15) is 13.2 Å². The third kappa shape index (κ3) is 2.74. The predicted molar refractivity (Wildman–Crippen MR) is 68.2 cm³/mol. The molecule has 0 atom stereocenters. The Balaban J connectivity index is 1.86. The molecule has 21 heavy (non-hydrogen) atoms. The van der Waals surface area contributed by atoms with Gasteiger partial charge in [-0.2, -0.15) is 18.3 Å². The molecule has 0 unspecified atom stereocenters. The van der Waals surface area contributed by atoms with E-state index in [1.165, 1.54) is 4.68 Å². The monoisotopic (exact) mass is 299 g/mol. The molecule has 0 radical (unpaired) electrons. The van der Waals surface area contributed by atoms with Gasteiger partial charge >= 0.3 is 6.18 Å². The van der Waals surface area contributed by atoms with Gasteiger partial charge in [0, 0.05) is 23.5 Å². The van der Waals surface area contributed by atoms with Crippen LogP contribution in [0.3, 0.4) is 0 Å². The van der Waals surface area contributed by atoms with Crippen LogP contribution in [0.15, 0.2) is 24.5 Å². The van der Waals surface area contributed by atoms with Crippen LogP contribution in [0.4, 0.5) is 18.9 Å². The highest BCUT2D eigenvalue weighted by molar-refractivity contribution is 5.58. The molecule has 0 fully saturated rings. The molecule has 1 aliphatic rings. The summed E-state index contributed by atoms with van der Waals surface area (Å²) in [6.07, 6.45) is -2.68. The lowest BCUT2D eigenvalue weighted by Crippen LogP contribution is -2.16. The van der Waals surface area contributed by atoms with Crippen LogP contribution >= 0.6 is 0 Å². The summed E-state index contributed by atoms with van der Waals surface area (Å²) in [5.41, 5.74) is 6.13. The summed E-state index contributed by atoms with van der Waals surface area (Å²) < 4.78 is 49.6. The highest BCUT2D eigenvalue weighted by atomic mass is 19.4. The summed E-state index contributed by atoms with van der Waals surface area (Å²) in [5.74, 6) is 1.08. The zero-order chi connectivity index (χ0) is 15.0. The quantitative estimate of drug-likeness (QED) is 0.864. The Bertz CT molecular complexity index is 667. The summed E-state index contributed by atoms with van der Waals surface area (Å²) in [6.45, 7) is 0.995. The van der Waals surface area contributed by atoms with E-state index in [1.807, 2.05) is 0 Å². The standard InChI is InChI=1S/C13H12F3N3O2/c14-13(15,16)9-5-18-19(7-9)6-8-3-11-12(4-10(8)17)21-2-1-20-11/h3-5,7H,1-2,6,17H2. The van der Waals surface area contributed by atoms with Crippen molar-refractivity contribution < 1.29 is 22.6 Å². The lowest BCUT2D eigenvalue weighted by molar-refractivity contribution is -0.137. The van der Waals surface area contributed by atoms with Crippen LogP contribution in [0.5, 0.6) is 11.5 Å². The van der Waals surface area contributed by atoms with Gasteiger partial charge in [0.1, 0.15) is 13.2 Å². The van der Waals surface area contributed by atoms with Crippen LogP contribution < -0.4 is 15.2 Å². The molecular formula is C13H12F3N3O2. The first-order valence-corrected chi connectivity index (χ1v) is 6.21. The van der Waals surface area contributed by atoms with Crippen molar-refractivity contribution >= 4 is 5.69 Å². The van der Waals surface area contributed by atoms with E-state index in [4.69, 9.17) is 15.2 Å². The van der Waals surface area contributed by atoms with Gasteiger partial charge in [-0.05, 0) is 6.07 Å². The number of nitrogens with two attached hydrogens (primary N) is 1. The molecule has 5 nitrogen and oxygen atoms in total. The number of halogens is 3. The minimum atomic E-state index is -4.41. The number of fused-ring (bicyclic) bond motifs is 1. The molecule has 0 saturated heterocycles. The smallest absolute Gasteiger partial charge is 0.419 e. The molecular weight excluding hydrogens is 287 g/mol. The maximum Gasteiger partial charge on any atom is 0.419 e. The number of hydrogen-bond donors (Lipinski definition) is 1. The van der Waals surface area contributed by atoms with Crippen LogP contribution in [0.25, 0.3) is 0 Å². The average molecular weight is 299 g/mol. The SMILES string of the molecule is Nc1cc2c(cc1Cn1cc(C(F)(F)F)cn1)OCCO2. The first kappa shape index (κ1) is 13.6. The summed E-state index contributed by atoms with van der Waals surface area (Å²) in [5, 5.41) is 3.70. The van der Waals surface area contributed by atoms with Gasteiger partial charge in [0.25, 0.3) is 0 Å². The summed E-state index contributed by atoms with van der Waals surface area (Å²) in [6, 6.07) is 3.27. The van der Waals surface area contributed by atoms with Gasteiger partial charge in [-0.1, -0.05) is 0 Å². The molecule has 0 amide bonds. The van der Waals surface area contributed by atoms with Gasteiger partial charge in [-0.3, -0.25) is 4.68 Å². The number of nitrogens with zero attached hydrogens (tertiary/aromatic N) is 2. The molecule has 1 aromatic carbocycles. The third-order valence-electron chi connectivity index (χ3n) is 3.10. The molecule has 1 aliphatic heterocycles. The molecule has 3 rings (SSSR count). The van der Waals surface area contributed by atoms with Gasteiger partial charge in [0.15, 0.2) is 11.5 Å². The van der Waals surface area contributed by atoms with Crippen molar-refractivity contribution in [2.24, 2.45) is 0 Å². The van der Waals surface area contributed by atoms with E-state index in [1.54, 1.807) is 12.1 Å². The van der Waals surface area contributed by atoms with Crippen LogP contribution in [-0.4, -0.2) is 23.0 Å². The second-order valence-electron chi connectivity index (χ2n) is 4.62. The van der Waals surface area contributed by atoms with Crippen LogP contribution in [0.2, 0.25) is 0 Å². The van der Waals surface area contributed by atoms with E-state index in [2.05, 4.69) is 5.10 Å². The minimum absolute atomic E-state index is 0.124. The van der Waals surface area contributed by atoms with E-state index in [0.29, 0.717) is 36.0 Å². The van der Waals surface area contributed by atoms with Crippen molar-refractivity contribution in [3.8, 4) is 11.5 Å². The molecule has 0 saturated carbocycles. The first-order chi connectivity index (χ1) is 9.93. The number of benzene rings is 1. The maximum absolute atomic E-state index is 12.5. The molecule has 0 spiro atoms. The van der Waals surface area contributed by atoms with E-state index in [0.717, 1.165) is 12.4 Å². The molecule has 2 heterocycles. The van der Waals surface area contributed by atoms with Crippen LogP contribution in [-0.2, 0) is 12.7 Å². The van der Waals surface area contributed by atoms with Gasteiger partial charge in [-0.15, -0.1) is 0 Å². The number of nitrogen functional groups attached to an aromatic ring is 1. The second-order valence-corrected chi connectivity index (χ2v) is 4.62. The zero-order valence-corrected chi connectivity index (χ0v) is 10.9. The normalized spacial score (nSPS) is 14.2. The topological polar surface area (TPSA) is 62.3 Å². The largest absolute Gasteiger partial charge is 0.486 e. The lowest BCUT2D eigenvalue weighted by atomic mass is 10.1. The Labute approximate surface area is 118 Å². The first-order valence-electron chi connectivity index (χ1n) is 6.21. The molecule has 1 aromatic heterocycles. The van der Waals surface area contributed by atoms with Crippen LogP contribution in [0, 0.1) is 0 Å². The maximum atomic E-state index is 12.5. The lowest BCUT2D eigenvalue weighted by Gasteiger charge is -2.20. The number of rotatable bonds is 2. The fourth-order valence-electron chi connectivity index (χ4n) is 2.05. The molecule has 112 valence electrons. The molecule has 2 N–H and O–H groups in total. The van der Waals surface area contributed by atoms with Crippen molar-refractivity contribution in [2.75, 3.05) is 18.9 Å². The second kappa shape index (κ2) is 4.87. The van der Waals surface area contributed by atoms with Crippen molar-refractivity contribution in [1.82, 2.24) is 9.78 Å². The fraction of sp³-hybridized carbons (Fsp3) is 0.308. The highest BCUT2D eigenvalue weighted by Gasteiger charge is 2.32. The predicted octanol–water partition coefficient (Wildman–Crippen LogP) is 2.30.